The molecule has 1 aromatic rings. The Balaban J connectivity index is 2.03. The summed E-state index contributed by atoms with van der Waals surface area (Å²) in [5.41, 5.74) is 0. The minimum Gasteiger partial charge on any atom is -0.378 e. The van der Waals surface area contributed by atoms with Gasteiger partial charge in [0.05, 0.1) is 19.4 Å². The molecule has 0 spiro atoms. The molecule has 0 bridgehead atoms. The monoisotopic (exact) mass is 213 g/mol. The van der Waals surface area contributed by atoms with Crippen LogP contribution in [0.4, 0.5) is 10.1 Å². The van der Waals surface area contributed by atoms with Gasteiger partial charge in [0.2, 0.25) is 6.41 Å². The Morgan fingerprint density at radius 3 is 3.07 bits per heavy atom. The van der Waals surface area contributed by atoms with Crippen LogP contribution in [0, 0.1) is 0 Å². The summed E-state index contributed by atoms with van der Waals surface area (Å²) in [6, 6.07) is 0. The molecule has 0 aliphatic carbocycles. The first-order chi connectivity index (χ1) is 6.90. The predicted molar refractivity (Wildman–Crippen MR) is 54.8 cm³/mol. The fraction of sp³-hybridized carbons (Fsp3) is 0.500. The van der Waals surface area contributed by atoms with Gasteiger partial charge < -0.3 is 15.0 Å². The quantitative estimate of drug-likeness (QED) is 0.745. The number of morpholine rings is 1. The number of anilines is 2. The van der Waals surface area contributed by atoms with E-state index in [1.165, 1.54) is 11.3 Å². The lowest BCUT2D eigenvalue weighted by atomic mass is 10.4. The summed E-state index contributed by atoms with van der Waals surface area (Å²) in [5.74, 6) is 0. The molecule has 1 aliphatic rings. The maximum atomic E-state index is 10.2. The number of aromatic nitrogens is 1. The predicted octanol–water partition coefficient (Wildman–Crippen LogP) is 0.548. The summed E-state index contributed by atoms with van der Waals surface area (Å²) in [6.45, 7) is 3.30. The number of hydrogen-bond acceptors (Lipinski definition) is 5. The van der Waals surface area contributed by atoms with Gasteiger partial charge in [-0.1, -0.05) is 11.3 Å². The average Bonchev–Trinajstić information content (AvgIpc) is 2.68. The molecule has 0 saturated carbocycles. The Morgan fingerprint density at radius 1 is 1.57 bits per heavy atom. The van der Waals surface area contributed by atoms with Crippen LogP contribution >= 0.6 is 11.3 Å². The zero-order valence-electron chi connectivity index (χ0n) is 7.60. The maximum Gasteiger partial charge on any atom is 0.213 e. The van der Waals surface area contributed by atoms with Gasteiger partial charge in [-0.15, -0.1) is 0 Å². The molecule has 1 N–H and O–H groups in total. The minimum absolute atomic E-state index is 0.640. The van der Waals surface area contributed by atoms with Crippen LogP contribution in [0.1, 0.15) is 0 Å². The summed E-state index contributed by atoms with van der Waals surface area (Å²) in [6.07, 6.45) is 2.42. The molecule has 1 fully saturated rings. The number of rotatable bonds is 3. The van der Waals surface area contributed by atoms with E-state index in [4.69, 9.17) is 4.74 Å². The van der Waals surface area contributed by atoms with Crippen molar-refractivity contribution < 1.29 is 9.53 Å². The van der Waals surface area contributed by atoms with E-state index in [1.807, 2.05) is 0 Å². The Bertz CT molecular complexity index is 309. The molecule has 76 valence electrons. The molecule has 0 unspecified atom stereocenters. The summed E-state index contributed by atoms with van der Waals surface area (Å²) >= 11 is 1.48. The van der Waals surface area contributed by atoms with Gasteiger partial charge in [0.1, 0.15) is 5.00 Å². The molecule has 14 heavy (non-hydrogen) atoms. The third-order valence-electron chi connectivity index (χ3n) is 2.00. The van der Waals surface area contributed by atoms with Crippen molar-refractivity contribution in [2.45, 2.75) is 0 Å². The van der Waals surface area contributed by atoms with Crippen molar-refractivity contribution >= 4 is 27.9 Å². The fourth-order valence-electron chi connectivity index (χ4n) is 1.31. The third-order valence-corrected chi connectivity index (χ3v) is 2.99. The highest BCUT2D eigenvalue weighted by Gasteiger charge is 2.13. The summed E-state index contributed by atoms with van der Waals surface area (Å²) in [4.78, 5) is 16.5. The lowest BCUT2D eigenvalue weighted by Crippen LogP contribution is -2.35. The van der Waals surface area contributed by atoms with Crippen molar-refractivity contribution in [3.63, 3.8) is 0 Å². The van der Waals surface area contributed by atoms with Crippen LogP contribution in [0.2, 0.25) is 0 Å². The van der Waals surface area contributed by atoms with E-state index < -0.39 is 0 Å². The number of thiazole rings is 1. The third kappa shape index (κ3) is 2.02. The number of nitrogens with zero attached hydrogens (tertiary/aromatic N) is 2. The van der Waals surface area contributed by atoms with Crippen LogP contribution in [0.3, 0.4) is 0 Å². The molecule has 2 rings (SSSR count). The molecule has 1 saturated heterocycles. The summed E-state index contributed by atoms with van der Waals surface area (Å²) in [5, 5.41) is 4.26. The van der Waals surface area contributed by atoms with Crippen molar-refractivity contribution in [2.24, 2.45) is 0 Å². The Labute approximate surface area is 85.7 Å². The van der Waals surface area contributed by atoms with Gasteiger partial charge in [0.15, 0.2) is 5.13 Å². The van der Waals surface area contributed by atoms with E-state index in [0.717, 1.165) is 31.3 Å². The molecular formula is C8H11N3O2S. The first-order valence-corrected chi connectivity index (χ1v) is 5.20. The van der Waals surface area contributed by atoms with Gasteiger partial charge in [0, 0.05) is 13.1 Å². The van der Waals surface area contributed by atoms with Crippen LogP contribution in [-0.2, 0) is 9.53 Å². The van der Waals surface area contributed by atoms with Crippen molar-refractivity contribution in [3.05, 3.63) is 6.20 Å². The standard InChI is InChI=1S/C8H11N3O2S/c12-6-10-8-9-5-7(14-8)11-1-3-13-4-2-11/h5-6H,1-4H2,(H,9,10,12). The highest BCUT2D eigenvalue weighted by atomic mass is 32.1. The minimum atomic E-state index is 0.640. The van der Waals surface area contributed by atoms with Gasteiger partial charge in [-0.2, -0.15) is 0 Å². The summed E-state index contributed by atoms with van der Waals surface area (Å²) < 4.78 is 5.25. The zero-order valence-corrected chi connectivity index (χ0v) is 8.42. The van der Waals surface area contributed by atoms with Crippen molar-refractivity contribution in [1.82, 2.24) is 4.98 Å². The number of ether oxygens (including phenoxy) is 1. The second kappa shape index (κ2) is 4.39. The highest BCUT2D eigenvalue weighted by molar-refractivity contribution is 7.19. The number of carbonyl (C=O) groups excluding carboxylic acids is 1. The van der Waals surface area contributed by atoms with Crippen LogP contribution in [0.25, 0.3) is 0 Å². The number of carbonyl (C=O) groups is 1. The van der Waals surface area contributed by atoms with Crippen LogP contribution in [0.5, 0.6) is 0 Å². The molecule has 0 atom stereocenters. The van der Waals surface area contributed by atoms with Gasteiger partial charge in [-0.25, -0.2) is 4.98 Å². The molecule has 0 aromatic carbocycles. The average molecular weight is 213 g/mol. The van der Waals surface area contributed by atoms with Crippen molar-refractivity contribution in [2.75, 3.05) is 36.5 Å². The van der Waals surface area contributed by atoms with Gasteiger partial charge in [-0.3, -0.25) is 4.79 Å². The lowest BCUT2D eigenvalue weighted by molar-refractivity contribution is -0.105. The van der Waals surface area contributed by atoms with E-state index in [-0.39, 0.29) is 0 Å². The molecule has 5 nitrogen and oxygen atoms in total. The molecule has 1 aliphatic heterocycles. The van der Waals surface area contributed by atoms with Gasteiger partial charge in [0.25, 0.3) is 0 Å². The van der Waals surface area contributed by atoms with Gasteiger partial charge in [-0.05, 0) is 0 Å². The van der Waals surface area contributed by atoms with Crippen LogP contribution in [0.15, 0.2) is 6.20 Å². The first-order valence-electron chi connectivity index (χ1n) is 4.39. The molecular weight excluding hydrogens is 202 g/mol. The Morgan fingerprint density at radius 2 is 2.36 bits per heavy atom. The maximum absolute atomic E-state index is 10.2. The van der Waals surface area contributed by atoms with Crippen molar-refractivity contribution in [3.8, 4) is 0 Å². The van der Waals surface area contributed by atoms with Gasteiger partial charge >= 0.3 is 0 Å². The van der Waals surface area contributed by atoms with E-state index in [1.54, 1.807) is 6.20 Å². The van der Waals surface area contributed by atoms with Crippen LogP contribution < -0.4 is 10.2 Å². The molecule has 2 heterocycles. The Hall–Kier alpha value is -1.14. The first kappa shape index (κ1) is 9.42. The highest BCUT2D eigenvalue weighted by Crippen LogP contribution is 2.26. The van der Waals surface area contributed by atoms with Crippen molar-refractivity contribution in [1.29, 1.82) is 0 Å². The second-order valence-electron chi connectivity index (χ2n) is 2.87. The normalized spacial score (nSPS) is 16.7. The second-order valence-corrected chi connectivity index (χ2v) is 3.87. The topological polar surface area (TPSA) is 54.5 Å². The van der Waals surface area contributed by atoms with E-state index in [2.05, 4.69) is 15.2 Å². The number of hydrogen-bond donors (Lipinski definition) is 1. The summed E-state index contributed by atoms with van der Waals surface area (Å²) in [7, 11) is 0. The SMILES string of the molecule is O=CNc1ncc(N2CCOCC2)s1. The lowest BCUT2D eigenvalue weighted by Gasteiger charge is -2.26. The molecule has 6 heteroatoms. The molecule has 1 amide bonds. The zero-order chi connectivity index (χ0) is 9.80. The van der Waals surface area contributed by atoms with Crippen LogP contribution in [-0.4, -0.2) is 37.7 Å². The fourth-order valence-corrected chi connectivity index (χ4v) is 2.14. The molecule has 1 aromatic heterocycles. The largest absolute Gasteiger partial charge is 0.378 e. The number of amides is 1. The molecule has 0 radical (unpaired) electrons. The van der Waals surface area contributed by atoms with E-state index in [0.29, 0.717) is 11.5 Å². The van der Waals surface area contributed by atoms with E-state index >= 15 is 0 Å². The smallest absolute Gasteiger partial charge is 0.213 e. The number of nitrogens with one attached hydrogen (secondary N) is 1. The van der Waals surface area contributed by atoms with E-state index in [9.17, 15) is 4.79 Å². The Kier molecular flexibility index (Phi) is 2.95.